The van der Waals surface area contributed by atoms with Crippen LogP contribution in [0.4, 0.5) is 5.95 Å². The molecule has 0 unspecified atom stereocenters. The van der Waals surface area contributed by atoms with Gasteiger partial charge in [0.2, 0.25) is 5.95 Å². The van der Waals surface area contributed by atoms with Crippen LogP contribution < -0.4 is 5.32 Å². The summed E-state index contributed by atoms with van der Waals surface area (Å²) in [7, 11) is 1.74. The Morgan fingerprint density at radius 2 is 2.40 bits per heavy atom. The molecule has 0 fully saturated rings. The summed E-state index contributed by atoms with van der Waals surface area (Å²) in [5.41, 5.74) is 0. The van der Waals surface area contributed by atoms with Crippen LogP contribution in [0.5, 0.6) is 0 Å². The number of nitrogens with one attached hydrogen (secondary N) is 1. The van der Waals surface area contributed by atoms with Gasteiger partial charge in [0.15, 0.2) is 0 Å². The third-order valence-electron chi connectivity index (χ3n) is 0.925. The highest BCUT2D eigenvalue weighted by atomic mass is 79.9. The quantitative estimate of drug-likeness (QED) is 0.738. The third kappa shape index (κ3) is 1.58. The van der Waals surface area contributed by atoms with Gasteiger partial charge in [0.05, 0.1) is 4.47 Å². The fourth-order valence-corrected chi connectivity index (χ4v) is 0.787. The van der Waals surface area contributed by atoms with Gasteiger partial charge >= 0.3 is 0 Å². The molecule has 1 rings (SSSR count). The largest absolute Gasteiger partial charge is 0.357 e. The van der Waals surface area contributed by atoms with Gasteiger partial charge in [-0.15, -0.1) is 0 Å². The number of anilines is 1. The normalized spacial score (nSPS) is 9.50. The Labute approximate surface area is 72.0 Å². The van der Waals surface area contributed by atoms with Crippen molar-refractivity contribution < 1.29 is 0 Å². The van der Waals surface area contributed by atoms with Crippen molar-refractivity contribution in [2.24, 2.45) is 0 Å². The molecule has 5 heteroatoms. The van der Waals surface area contributed by atoms with Crippen molar-refractivity contribution in [2.75, 3.05) is 12.4 Å². The molecule has 1 aromatic heterocycles. The fraction of sp³-hybridized carbons (Fsp3) is 0.200. The van der Waals surface area contributed by atoms with E-state index in [0.29, 0.717) is 15.6 Å². The Morgan fingerprint density at radius 3 is 2.90 bits per heavy atom. The van der Waals surface area contributed by atoms with Crippen molar-refractivity contribution >= 4 is 33.5 Å². The smallest absolute Gasteiger partial charge is 0.223 e. The summed E-state index contributed by atoms with van der Waals surface area (Å²) in [6.45, 7) is 0. The number of hydrogen-bond donors (Lipinski definition) is 1. The summed E-state index contributed by atoms with van der Waals surface area (Å²) in [6.07, 6.45) is 1.60. The lowest BCUT2D eigenvalue weighted by atomic mass is 10.7. The topological polar surface area (TPSA) is 37.8 Å². The molecule has 10 heavy (non-hydrogen) atoms. The van der Waals surface area contributed by atoms with Crippen LogP contribution >= 0.6 is 27.5 Å². The molecule has 0 saturated carbocycles. The molecule has 0 aliphatic heterocycles. The molecular formula is C5H5BrClN3. The van der Waals surface area contributed by atoms with E-state index in [9.17, 15) is 0 Å². The van der Waals surface area contributed by atoms with E-state index in [1.807, 2.05) is 0 Å². The van der Waals surface area contributed by atoms with E-state index in [-0.39, 0.29) is 0 Å². The van der Waals surface area contributed by atoms with Crippen molar-refractivity contribution in [3.05, 3.63) is 15.8 Å². The maximum absolute atomic E-state index is 5.65. The first-order chi connectivity index (χ1) is 4.74. The second-order valence-electron chi connectivity index (χ2n) is 1.58. The minimum absolute atomic E-state index is 0.416. The Morgan fingerprint density at radius 1 is 1.70 bits per heavy atom. The lowest BCUT2D eigenvalue weighted by Crippen LogP contribution is -1.95. The Hall–Kier alpha value is -0.350. The summed E-state index contributed by atoms with van der Waals surface area (Å²) in [4.78, 5) is 7.79. The van der Waals surface area contributed by atoms with Crippen molar-refractivity contribution in [1.29, 1.82) is 0 Å². The van der Waals surface area contributed by atoms with E-state index in [1.54, 1.807) is 13.2 Å². The zero-order valence-corrected chi connectivity index (χ0v) is 7.57. The standard InChI is InChI=1S/C5H5BrClN3/c1-8-5-9-2-3(6)4(7)10-5/h2H,1H3,(H,8,9,10). The van der Waals surface area contributed by atoms with E-state index in [0.717, 1.165) is 0 Å². The highest BCUT2D eigenvalue weighted by Crippen LogP contribution is 2.18. The predicted molar refractivity (Wildman–Crippen MR) is 44.3 cm³/mol. The van der Waals surface area contributed by atoms with E-state index < -0.39 is 0 Å². The molecule has 1 aromatic rings. The molecule has 3 nitrogen and oxygen atoms in total. The Kier molecular flexibility index (Phi) is 2.45. The van der Waals surface area contributed by atoms with E-state index >= 15 is 0 Å². The lowest BCUT2D eigenvalue weighted by molar-refractivity contribution is 1.14. The zero-order valence-electron chi connectivity index (χ0n) is 5.23. The van der Waals surface area contributed by atoms with Gasteiger partial charge in [-0.25, -0.2) is 4.98 Å². The summed E-state index contributed by atoms with van der Waals surface area (Å²) >= 11 is 8.83. The minimum Gasteiger partial charge on any atom is -0.357 e. The van der Waals surface area contributed by atoms with Crippen LogP contribution in [-0.4, -0.2) is 17.0 Å². The summed E-state index contributed by atoms with van der Waals surface area (Å²) in [6, 6.07) is 0. The van der Waals surface area contributed by atoms with Crippen LogP contribution in [0.1, 0.15) is 0 Å². The van der Waals surface area contributed by atoms with E-state index in [1.165, 1.54) is 0 Å². The molecule has 0 aliphatic carbocycles. The maximum Gasteiger partial charge on any atom is 0.223 e. The minimum atomic E-state index is 0.416. The van der Waals surface area contributed by atoms with Crippen LogP contribution in [0.3, 0.4) is 0 Å². The Bertz CT molecular complexity index is 240. The number of aromatic nitrogens is 2. The van der Waals surface area contributed by atoms with E-state index in [4.69, 9.17) is 11.6 Å². The third-order valence-corrected chi connectivity index (χ3v) is 2.02. The average molecular weight is 222 g/mol. The maximum atomic E-state index is 5.65. The first-order valence-electron chi connectivity index (χ1n) is 2.60. The molecule has 0 saturated heterocycles. The second kappa shape index (κ2) is 3.16. The van der Waals surface area contributed by atoms with Crippen molar-refractivity contribution in [2.45, 2.75) is 0 Å². The van der Waals surface area contributed by atoms with Gasteiger partial charge in [-0.3, -0.25) is 0 Å². The van der Waals surface area contributed by atoms with Crippen molar-refractivity contribution in [3.63, 3.8) is 0 Å². The summed E-state index contributed by atoms with van der Waals surface area (Å²) in [5, 5.41) is 3.18. The highest BCUT2D eigenvalue weighted by Gasteiger charge is 1.98. The molecule has 0 atom stereocenters. The SMILES string of the molecule is CNc1ncc(Br)c(Cl)n1. The first kappa shape index (κ1) is 7.75. The van der Waals surface area contributed by atoms with Gasteiger partial charge in [0.25, 0.3) is 0 Å². The van der Waals surface area contributed by atoms with Gasteiger partial charge in [-0.1, -0.05) is 11.6 Å². The summed E-state index contributed by atoms with van der Waals surface area (Å²) in [5.74, 6) is 0.521. The molecule has 0 aliphatic rings. The number of rotatable bonds is 1. The van der Waals surface area contributed by atoms with Crippen LogP contribution in [0, 0.1) is 0 Å². The molecule has 0 spiro atoms. The molecule has 0 radical (unpaired) electrons. The van der Waals surface area contributed by atoms with Gasteiger partial charge in [0.1, 0.15) is 5.15 Å². The van der Waals surface area contributed by atoms with Gasteiger partial charge < -0.3 is 5.32 Å². The summed E-state index contributed by atoms with van der Waals surface area (Å²) < 4.78 is 0.702. The van der Waals surface area contributed by atoms with Crippen LogP contribution in [0.15, 0.2) is 10.7 Å². The van der Waals surface area contributed by atoms with Crippen molar-refractivity contribution in [1.82, 2.24) is 9.97 Å². The van der Waals surface area contributed by atoms with E-state index in [2.05, 4.69) is 31.2 Å². The molecule has 0 aromatic carbocycles. The monoisotopic (exact) mass is 221 g/mol. The Balaban J connectivity index is 3.04. The number of nitrogens with zero attached hydrogens (tertiary/aromatic N) is 2. The molecule has 0 amide bonds. The van der Waals surface area contributed by atoms with Crippen molar-refractivity contribution in [3.8, 4) is 0 Å². The van der Waals surface area contributed by atoms with Gasteiger partial charge in [-0.05, 0) is 15.9 Å². The number of halogens is 2. The molecule has 0 bridgehead atoms. The zero-order chi connectivity index (χ0) is 7.56. The highest BCUT2D eigenvalue weighted by molar-refractivity contribution is 9.10. The van der Waals surface area contributed by atoms with Crippen LogP contribution in [0.25, 0.3) is 0 Å². The fourth-order valence-electron chi connectivity index (χ4n) is 0.467. The molecule has 1 heterocycles. The molecular weight excluding hydrogens is 217 g/mol. The predicted octanol–water partition coefficient (Wildman–Crippen LogP) is 1.93. The second-order valence-corrected chi connectivity index (χ2v) is 2.79. The van der Waals surface area contributed by atoms with Gasteiger partial charge in [-0.2, -0.15) is 4.98 Å². The first-order valence-corrected chi connectivity index (χ1v) is 3.77. The lowest BCUT2D eigenvalue weighted by Gasteiger charge is -1.97. The molecule has 54 valence electrons. The number of hydrogen-bond acceptors (Lipinski definition) is 3. The van der Waals surface area contributed by atoms with Gasteiger partial charge in [0, 0.05) is 13.2 Å². The van der Waals surface area contributed by atoms with Crippen LogP contribution in [0.2, 0.25) is 5.15 Å². The average Bonchev–Trinajstić information content (AvgIpc) is 1.95. The molecule has 1 N–H and O–H groups in total. The van der Waals surface area contributed by atoms with Crippen LogP contribution in [-0.2, 0) is 0 Å².